The van der Waals surface area contributed by atoms with Crippen LogP contribution in [0.2, 0.25) is 0 Å². The van der Waals surface area contributed by atoms with Crippen LogP contribution in [0.5, 0.6) is 11.5 Å². The monoisotopic (exact) mass is 386 g/mol. The van der Waals surface area contributed by atoms with Gasteiger partial charge in [-0.25, -0.2) is 0 Å². The van der Waals surface area contributed by atoms with Gasteiger partial charge in [-0.3, -0.25) is 0 Å². The largest absolute Gasteiger partial charge is 0.457 e. The van der Waals surface area contributed by atoms with Gasteiger partial charge in [0.1, 0.15) is 11.5 Å². The SMILES string of the molecule is CSc1ccc(Oc2ccc(Br)cc2CBr)cc1. The smallest absolute Gasteiger partial charge is 0.131 e. The van der Waals surface area contributed by atoms with Crippen LogP contribution >= 0.6 is 43.6 Å². The molecule has 1 nitrogen and oxygen atoms in total. The molecule has 2 rings (SSSR count). The minimum Gasteiger partial charge on any atom is -0.457 e. The van der Waals surface area contributed by atoms with Gasteiger partial charge in [-0.2, -0.15) is 0 Å². The average Bonchev–Trinajstić information content (AvgIpc) is 2.41. The maximum Gasteiger partial charge on any atom is 0.131 e. The lowest BCUT2D eigenvalue weighted by Crippen LogP contribution is -1.89. The normalized spacial score (nSPS) is 10.4. The quantitative estimate of drug-likeness (QED) is 0.480. The second-order valence-corrected chi connectivity index (χ2v) is 6.02. The lowest BCUT2D eigenvalue weighted by atomic mass is 10.2. The first-order valence-corrected chi connectivity index (χ1v) is 8.53. The lowest BCUT2D eigenvalue weighted by Gasteiger charge is -2.10. The molecule has 0 aliphatic heterocycles. The van der Waals surface area contributed by atoms with E-state index in [0.717, 1.165) is 26.9 Å². The molecule has 0 bridgehead atoms. The van der Waals surface area contributed by atoms with Gasteiger partial charge in [-0.05, 0) is 48.7 Å². The van der Waals surface area contributed by atoms with Crippen LogP contribution in [-0.2, 0) is 5.33 Å². The molecule has 0 aliphatic rings. The van der Waals surface area contributed by atoms with E-state index in [1.807, 2.05) is 24.3 Å². The van der Waals surface area contributed by atoms with Crippen LogP contribution < -0.4 is 4.74 Å². The lowest BCUT2D eigenvalue weighted by molar-refractivity contribution is 0.478. The third-order valence-corrected chi connectivity index (χ3v) is 4.29. The molecule has 0 saturated heterocycles. The Kier molecular flexibility index (Phi) is 5.15. The first-order chi connectivity index (χ1) is 8.72. The summed E-state index contributed by atoms with van der Waals surface area (Å²) in [7, 11) is 0. The molecule has 0 amide bonds. The van der Waals surface area contributed by atoms with Crippen LogP contribution in [0.1, 0.15) is 5.56 Å². The molecule has 0 saturated carbocycles. The molecule has 94 valence electrons. The summed E-state index contributed by atoms with van der Waals surface area (Å²) in [6, 6.07) is 14.1. The predicted octanol–water partition coefficient (Wildman–Crippen LogP) is 5.86. The number of benzene rings is 2. The van der Waals surface area contributed by atoms with Crippen LogP contribution in [-0.4, -0.2) is 6.26 Å². The van der Waals surface area contributed by atoms with E-state index >= 15 is 0 Å². The van der Waals surface area contributed by atoms with Crippen LogP contribution in [0.25, 0.3) is 0 Å². The number of rotatable bonds is 4. The molecule has 0 spiro atoms. The van der Waals surface area contributed by atoms with Crippen molar-refractivity contribution in [2.24, 2.45) is 0 Å². The van der Waals surface area contributed by atoms with E-state index in [1.54, 1.807) is 11.8 Å². The van der Waals surface area contributed by atoms with Crippen molar-refractivity contribution in [2.45, 2.75) is 10.2 Å². The second kappa shape index (κ2) is 6.64. The molecule has 2 aromatic rings. The summed E-state index contributed by atoms with van der Waals surface area (Å²) >= 11 is 8.66. The summed E-state index contributed by atoms with van der Waals surface area (Å²) in [4.78, 5) is 1.24. The van der Waals surface area contributed by atoms with Crippen LogP contribution in [0.3, 0.4) is 0 Å². The van der Waals surface area contributed by atoms with Crippen molar-refractivity contribution >= 4 is 43.6 Å². The third-order valence-electron chi connectivity index (χ3n) is 2.45. The van der Waals surface area contributed by atoms with Crippen LogP contribution in [0, 0.1) is 0 Å². The minimum atomic E-state index is 0.769. The summed E-state index contributed by atoms with van der Waals surface area (Å²) < 4.78 is 6.95. The van der Waals surface area contributed by atoms with E-state index in [0.29, 0.717) is 0 Å². The molecule has 0 heterocycles. The fourth-order valence-corrected chi connectivity index (χ4v) is 2.78. The Bertz CT molecular complexity index is 526. The zero-order valence-electron chi connectivity index (χ0n) is 9.82. The number of ether oxygens (including phenoxy) is 1. The first-order valence-electron chi connectivity index (χ1n) is 5.39. The molecule has 0 aliphatic carbocycles. The van der Waals surface area contributed by atoms with E-state index in [4.69, 9.17) is 4.74 Å². The van der Waals surface area contributed by atoms with Crippen molar-refractivity contribution in [3.05, 3.63) is 52.5 Å². The molecular weight excluding hydrogens is 376 g/mol. The number of hydrogen-bond donors (Lipinski definition) is 0. The first kappa shape index (κ1) is 14.0. The molecule has 0 radical (unpaired) electrons. The molecule has 18 heavy (non-hydrogen) atoms. The van der Waals surface area contributed by atoms with Crippen molar-refractivity contribution in [1.82, 2.24) is 0 Å². The second-order valence-electron chi connectivity index (χ2n) is 3.66. The van der Waals surface area contributed by atoms with Gasteiger partial charge in [-0.15, -0.1) is 11.8 Å². The van der Waals surface area contributed by atoms with Gasteiger partial charge >= 0.3 is 0 Å². The Labute approximate surface area is 128 Å². The third kappa shape index (κ3) is 3.53. The van der Waals surface area contributed by atoms with E-state index in [2.05, 4.69) is 56.3 Å². The number of halogens is 2. The predicted molar refractivity (Wildman–Crippen MR) is 85.1 cm³/mol. The van der Waals surface area contributed by atoms with Gasteiger partial charge in [0.2, 0.25) is 0 Å². The highest BCUT2D eigenvalue weighted by Gasteiger charge is 2.05. The van der Waals surface area contributed by atoms with Gasteiger partial charge in [0.05, 0.1) is 0 Å². The molecule has 0 unspecified atom stereocenters. The molecule has 4 heteroatoms. The number of thioether (sulfide) groups is 1. The Morgan fingerprint density at radius 2 is 1.83 bits per heavy atom. The molecule has 0 aromatic heterocycles. The van der Waals surface area contributed by atoms with Crippen molar-refractivity contribution < 1.29 is 4.74 Å². The standard InChI is InChI=1S/C14H12Br2OS/c1-18-13-5-3-12(4-6-13)17-14-7-2-11(16)8-10(14)9-15/h2-8H,9H2,1H3. The number of alkyl halides is 1. The van der Waals surface area contributed by atoms with Crippen molar-refractivity contribution in [3.8, 4) is 11.5 Å². The van der Waals surface area contributed by atoms with Gasteiger partial charge < -0.3 is 4.74 Å². The molecule has 0 atom stereocenters. The van der Waals surface area contributed by atoms with E-state index in [9.17, 15) is 0 Å². The molecule has 0 N–H and O–H groups in total. The maximum absolute atomic E-state index is 5.89. The maximum atomic E-state index is 5.89. The Hall–Kier alpha value is -0.450. The van der Waals surface area contributed by atoms with Crippen molar-refractivity contribution in [1.29, 1.82) is 0 Å². The molecule has 2 aromatic carbocycles. The van der Waals surface area contributed by atoms with Gasteiger partial charge in [0.25, 0.3) is 0 Å². The fraction of sp³-hybridized carbons (Fsp3) is 0.143. The Morgan fingerprint density at radius 3 is 2.44 bits per heavy atom. The highest BCUT2D eigenvalue weighted by atomic mass is 79.9. The minimum absolute atomic E-state index is 0.769. The van der Waals surface area contributed by atoms with Crippen LogP contribution in [0.4, 0.5) is 0 Å². The molecular formula is C14H12Br2OS. The topological polar surface area (TPSA) is 9.23 Å². The van der Waals surface area contributed by atoms with Crippen LogP contribution in [0.15, 0.2) is 51.8 Å². The van der Waals surface area contributed by atoms with E-state index < -0.39 is 0 Å². The number of hydrogen-bond acceptors (Lipinski definition) is 2. The zero-order chi connectivity index (χ0) is 13.0. The summed E-state index contributed by atoms with van der Waals surface area (Å²) in [6.45, 7) is 0. The summed E-state index contributed by atoms with van der Waals surface area (Å²) in [5.74, 6) is 1.74. The molecule has 0 fully saturated rings. The van der Waals surface area contributed by atoms with Crippen molar-refractivity contribution in [3.63, 3.8) is 0 Å². The van der Waals surface area contributed by atoms with E-state index in [-0.39, 0.29) is 0 Å². The highest BCUT2D eigenvalue weighted by Crippen LogP contribution is 2.30. The average molecular weight is 388 g/mol. The summed E-state index contributed by atoms with van der Waals surface area (Å²) in [5.41, 5.74) is 1.12. The zero-order valence-corrected chi connectivity index (χ0v) is 13.8. The summed E-state index contributed by atoms with van der Waals surface area (Å²) in [5, 5.41) is 0.769. The van der Waals surface area contributed by atoms with E-state index in [1.165, 1.54) is 4.90 Å². The van der Waals surface area contributed by atoms with Gasteiger partial charge in [0, 0.05) is 20.3 Å². The fourth-order valence-electron chi connectivity index (χ4n) is 1.52. The van der Waals surface area contributed by atoms with Crippen molar-refractivity contribution in [2.75, 3.05) is 6.26 Å². The Morgan fingerprint density at radius 1 is 1.11 bits per heavy atom. The highest BCUT2D eigenvalue weighted by molar-refractivity contribution is 9.10. The van der Waals surface area contributed by atoms with Gasteiger partial charge in [0.15, 0.2) is 0 Å². The Balaban J connectivity index is 2.22. The van der Waals surface area contributed by atoms with Gasteiger partial charge in [-0.1, -0.05) is 31.9 Å². The summed E-state index contributed by atoms with van der Waals surface area (Å²) in [6.07, 6.45) is 2.06.